The Bertz CT molecular complexity index is 618. The van der Waals surface area contributed by atoms with Crippen molar-refractivity contribution in [2.24, 2.45) is 0 Å². The zero-order valence-corrected chi connectivity index (χ0v) is 11.6. The van der Waals surface area contributed by atoms with Crippen LogP contribution >= 0.6 is 11.3 Å². The van der Waals surface area contributed by atoms with Crippen molar-refractivity contribution in [1.82, 2.24) is 10.6 Å². The second-order valence-corrected chi connectivity index (χ2v) is 5.59. The van der Waals surface area contributed by atoms with E-state index in [0.717, 1.165) is 18.7 Å². The SMILES string of the molecule is Cc1cscc1CNC(=O)c1ccc2c(c1)CNC2. The van der Waals surface area contributed by atoms with E-state index in [4.69, 9.17) is 0 Å². The summed E-state index contributed by atoms with van der Waals surface area (Å²) in [6.07, 6.45) is 0. The monoisotopic (exact) mass is 272 g/mol. The lowest BCUT2D eigenvalue weighted by Gasteiger charge is -2.06. The second-order valence-electron chi connectivity index (χ2n) is 4.85. The third-order valence-corrected chi connectivity index (χ3v) is 4.41. The number of thiophene rings is 1. The van der Waals surface area contributed by atoms with E-state index in [1.54, 1.807) is 11.3 Å². The molecule has 1 aromatic carbocycles. The lowest BCUT2D eigenvalue weighted by Crippen LogP contribution is -2.23. The van der Waals surface area contributed by atoms with Crippen molar-refractivity contribution in [3.05, 3.63) is 56.8 Å². The Morgan fingerprint density at radius 2 is 2.16 bits per heavy atom. The second kappa shape index (κ2) is 5.15. The largest absolute Gasteiger partial charge is 0.348 e. The molecule has 2 aromatic rings. The molecule has 19 heavy (non-hydrogen) atoms. The number of aryl methyl sites for hydroxylation is 1. The van der Waals surface area contributed by atoms with Crippen LogP contribution in [0.1, 0.15) is 32.6 Å². The summed E-state index contributed by atoms with van der Waals surface area (Å²) in [6.45, 7) is 4.44. The van der Waals surface area contributed by atoms with Crippen molar-refractivity contribution < 1.29 is 4.79 Å². The summed E-state index contributed by atoms with van der Waals surface area (Å²) in [4.78, 5) is 12.1. The van der Waals surface area contributed by atoms with E-state index in [1.165, 1.54) is 22.3 Å². The van der Waals surface area contributed by atoms with Crippen LogP contribution in [0.2, 0.25) is 0 Å². The van der Waals surface area contributed by atoms with Gasteiger partial charge in [-0.1, -0.05) is 6.07 Å². The fourth-order valence-corrected chi connectivity index (χ4v) is 3.14. The van der Waals surface area contributed by atoms with Crippen LogP contribution in [-0.4, -0.2) is 5.91 Å². The van der Waals surface area contributed by atoms with Gasteiger partial charge in [0.1, 0.15) is 0 Å². The fraction of sp³-hybridized carbons (Fsp3) is 0.267. The number of benzene rings is 1. The molecule has 0 saturated carbocycles. The highest BCUT2D eigenvalue weighted by Crippen LogP contribution is 2.17. The van der Waals surface area contributed by atoms with Crippen LogP contribution in [0.15, 0.2) is 29.0 Å². The predicted molar refractivity (Wildman–Crippen MR) is 77.2 cm³/mol. The summed E-state index contributed by atoms with van der Waals surface area (Å²) in [6, 6.07) is 5.94. The summed E-state index contributed by atoms with van der Waals surface area (Å²) < 4.78 is 0. The molecular weight excluding hydrogens is 256 g/mol. The Hall–Kier alpha value is -1.65. The van der Waals surface area contributed by atoms with Crippen LogP contribution in [0.5, 0.6) is 0 Å². The van der Waals surface area contributed by atoms with Gasteiger partial charge in [0.25, 0.3) is 5.91 Å². The quantitative estimate of drug-likeness (QED) is 0.901. The molecule has 0 aliphatic carbocycles. The number of carbonyl (C=O) groups is 1. The van der Waals surface area contributed by atoms with E-state index in [1.807, 2.05) is 18.2 Å². The molecule has 0 fully saturated rings. The minimum atomic E-state index is 0.000278. The standard InChI is InChI=1S/C15H16N2OS/c1-10-8-19-9-14(10)7-17-15(18)11-2-3-12-5-16-6-13(12)4-11/h2-4,8-9,16H,5-7H2,1H3,(H,17,18). The molecular formula is C15H16N2OS. The van der Waals surface area contributed by atoms with Crippen molar-refractivity contribution in [2.45, 2.75) is 26.6 Å². The van der Waals surface area contributed by atoms with E-state index >= 15 is 0 Å². The first kappa shape index (κ1) is 12.4. The van der Waals surface area contributed by atoms with Gasteiger partial charge in [0, 0.05) is 25.2 Å². The molecule has 0 bridgehead atoms. The Kier molecular flexibility index (Phi) is 3.36. The van der Waals surface area contributed by atoms with Gasteiger partial charge in [0.15, 0.2) is 0 Å². The van der Waals surface area contributed by atoms with Gasteiger partial charge < -0.3 is 10.6 Å². The molecule has 0 radical (unpaired) electrons. The summed E-state index contributed by atoms with van der Waals surface area (Å²) in [5.74, 6) is 0.000278. The van der Waals surface area contributed by atoms with Gasteiger partial charge in [-0.05, 0) is 52.1 Å². The van der Waals surface area contributed by atoms with Gasteiger partial charge in [-0.2, -0.15) is 11.3 Å². The van der Waals surface area contributed by atoms with E-state index in [-0.39, 0.29) is 5.91 Å². The fourth-order valence-electron chi connectivity index (χ4n) is 2.28. The highest BCUT2D eigenvalue weighted by atomic mass is 32.1. The van der Waals surface area contributed by atoms with Gasteiger partial charge in [0.05, 0.1) is 0 Å². The number of carbonyl (C=O) groups excluding carboxylic acids is 1. The zero-order chi connectivity index (χ0) is 13.2. The summed E-state index contributed by atoms with van der Waals surface area (Å²) >= 11 is 1.67. The normalized spacial score (nSPS) is 13.3. The van der Waals surface area contributed by atoms with Gasteiger partial charge in [-0.15, -0.1) is 0 Å². The molecule has 0 unspecified atom stereocenters. The molecule has 2 heterocycles. The first-order valence-electron chi connectivity index (χ1n) is 6.36. The summed E-state index contributed by atoms with van der Waals surface area (Å²) in [5.41, 5.74) is 5.71. The maximum atomic E-state index is 12.1. The molecule has 1 aromatic heterocycles. The third-order valence-electron chi connectivity index (χ3n) is 3.50. The van der Waals surface area contributed by atoms with Crippen LogP contribution in [0.4, 0.5) is 0 Å². The number of fused-ring (bicyclic) bond motifs is 1. The van der Waals surface area contributed by atoms with Gasteiger partial charge in [0.2, 0.25) is 0 Å². The maximum Gasteiger partial charge on any atom is 0.251 e. The molecule has 3 rings (SSSR count). The first-order valence-corrected chi connectivity index (χ1v) is 7.31. The number of hydrogen-bond acceptors (Lipinski definition) is 3. The summed E-state index contributed by atoms with van der Waals surface area (Å²) in [7, 11) is 0. The van der Waals surface area contributed by atoms with Crippen molar-refractivity contribution >= 4 is 17.2 Å². The van der Waals surface area contributed by atoms with E-state index in [2.05, 4.69) is 28.3 Å². The number of amides is 1. The highest BCUT2D eigenvalue weighted by Gasteiger charge is 2.13. The van der Waals surface area contributed by atoms with Crippen LogP contribution in [0.3, 0.4) is 0 Å². The Labute approximate surface area is 116 Å². The van der Waals surface area contributed by atoms with Crippen molar-refractivity contribution in [3.63, 3.8) is 0 Å². The van der Waals surface area contributed by atoms with Gasteiger partial charge in [-0.3, -0.25) is 4.79 Å². The minimum absolute atomic E-state index is 0.000278. The lowest BCUT2D eigenvalue weighted by atomic mass is 10.1. The average molecular weight is 272 g/mol. The van der Waals surface area contributed by atoms with E-state index < -0.39 is 0 Å². The zero-order valence-electron chi connectivity index (χ0n) is 10.8. The van der Waals surface area contributed by atoms with Crippen LogP contribution in [0.25, 0.3) is 0 Å². The van der Waals surface area contributed by atoms with Gasteiger partial charge in [-0.25, -0.2) is 0 Å². The first-order chi connectivity index (χ1) is 9.24. The van der Waals surface area contributed by atoms with E-state index in [0.29, 0.717) is 6.54 Å². The molecule has 98 valence electrons. The average Bonchev–Trinajstić information content (AvgIpc) is 3.03. The molecule has 1 aliphatic heterocycles. The smallest absolute Gasteiger partial charge is 0.251 e. The summed E-state index contributed by atoms with van der Waals surface area (Å²) in [5, 5.41) is 10.5. The molecule has 4 heteroatoms. The molecule has 0 atom stereocenters. The van der Waals surface area contributed by atoms with Crippen molar-refractivity contribution in [3.8, 4) is 0 Å². The molecule has 1 aliphatic rings. The minimum Gasteiger partial charge on any atom is -0.348 e. The Morgan fingerprint density at radius 3 is 2.95 bits per heavy atom. The topological polar surface area (TPSA) is 41.1 Å². The molecule has 0 saturated heterocycles. The number of rotatable bonds is 3. The maximum absolute atomic E-state index is 12.1. The van der Waals surface area contributed by atoms with Crippen molar-refractivity contribution in [1.29, 1.82) is 0 Å². The van der Waals surface area contributed by atoms with Gasteiger partial charge >= 0.3 is 0 Å². The molecule has 0 spiro atoms. The highest BCUT2D eigenvalue weighted by molar-refractivity contribution is 7.08. The lowest BCUT2D eigenvalue weighted by molar-refractivity contribution is 0.0951. The van der Waals surface area contributed by atoms with Crippen LogP contribution in [0, 0.1) is 6.92 Å². The molecule has 2 N–H and O–H groups in total. The molecule has 3 nitrogen and oxygen atoms in total. The number of nitrogens with one attached hydrogen (secondary N) is 2. The van der Waals surface area contributed by atoms with Crippen LogP contribution in [-0.2, 0) is 19.6 Å². The predicted octanol–water partition coefficient (Wildman–Crippen LogP) is 2.59. The Balaban J connectivity index is 1.69. The Morgan fingerprint density at radius 1 is 1.32 bits per heavy atom. The third kappa shape index (κ3) is 2.55. The van der Waals surface area contributed by atoms with E-state index in [9.17, 15) is 4.79 Å². The molecule has 1 amide bonds. The van der Waals surface area contributed by atoms with Crippen molar-refractivity contribution in [2.75, 3.05) is 0 Å². The van der Waals surface area contributed by atoms with Crippen LogP contribution < -0.4 is 10.6 Å². The number of hydrogen-bond donors (Lipinski definition) is 2.